The van der Waals surface area contributed by atoms with Crippen LogP contribution >= 0.6 is 0 Å². The number of alkyl halides is 3. The lowest BCUT2D eigenvalue weighted by atomic mass is 10.3. The molecule has 0 saturated carbocycles. The summed E-state index contributed by atoms with van der Waals surface area (Å²) in [5, 5.41) is 0. The molecule has 64 valence electrons. The van der Waals surface area contributed by atoms with Crippen molar-refractivity contribution in [2.75, 3.05) is 7.11 Å². The predicted molar refractivity (Wildman–Crippen MR) is 31.8 cm³/mol. The predicted octanol–water partition coefficient (Wildman–Crippen LogP) is 1.67. The highest BCUT2D eigenvalue weighted by molar-refractivity contribution is 5.82. The summed E-state index contributed by atoms with van der Waals surface area (Å²) in [5.41, 5.74) is -0.968. The molecule has 0 saturated heterocycles. The van der Waals surface area contributed by atoms with E-state index in [0.717, 1.165) is 14.0 Å². The zero-order chi connectivity index (χ0) is 9.07. The number of hydrogen-bond acceptors (Lipinski definition) is 2. The van der Waals surface area contributed by atoms with Gasteiger partial charge in [0.05, 0.1) is 7.11 Å². The molecule has 0 radical (unpaired) electrons. The Hall–Kier alpha value is -1.00. The Morgan fingerprint density at radius 3 is 2.18 bits per heavy atom. The maximum absolute atomic E-state index is 11.7. The number of carbonyl (C=O) groups is 1. The molecule has 0 aromatic rings. The van der Waals surface area contributed by atoms with Gasteiger partial charge < -0.3 is 4.74 Å². The van der Waals surface area contributed by atoms with E-state index < -0.39 is 17.7 Å². The number of rotatable bonds is 1. The van der Waals surface area contributed by atoms with E-state index in [0.29, 0.717) is 6.08 Å². The number of hydrogen-bond donors (Lipinski definition) is 0. The fourth-order valence-electron chi connectivity index (χ4n) is 0.318. The number of ether oxygens (including phenoxy) is 1. The Balaban J connectivity index is 4.35. The van der Waals surface area contributed by atoms with Crippen LogP contribution in [0.2, 0.25) is 0 Å². The van der Waals surface area contributed by atoms with Gasteiger partial charge in [0.25, 0.3) is 0 Å². The highest BCUT2D eigenvalue weighted by atomic mass is 19.4. The highest BCUT2D eigenvalue weighted by Crippen LogP contribution is 2.24. The summed E-state index contributed by atoms with van der Waals surface area (Å²) in [6, 6.07) is 0. The third-order valence-electron chi connectivity index (χ3n) is 0.983. The van der Waals surface area contributed by atoms with E-state index in [4.69, 9.17) is 0 Å². The molecular formula is C6H7F3O2. The van der Waals surface area contributed by atoms with Crippen LogP contribution in [-0.2, 0) is 9.53 Å². The van der Waals surface area contributed by atoms with Crippen LogP contribution in [0.4, 0.5) is 13.2 Å². The van der Waals surface area contributed by atoms with Gasteiger partial charge in [-0.3, -0.25) is 0 Å². The van der Waals surface area contributed by atoms with E-state index in [9.17, 15) is 18.0 Å². The van der Waals surface area contributed by atoms with Crippen LogP contribution in [0.5, 0.6) is 0 Å². The van der Waals surface area contributed by atoms with E-state index in [2.05, 4.69) is 4.74 Å². The Morgan fingerprint density at radius 2 is 1.91 bits per heavy atom. The van der Waals surface area contributed by atoms with Gasteiger partial charge in [-0.2, -0.15) is 13.2 Å². The first-order valence-corrected chi connectivity index (χ1v) is 2.71. The van der Waals surface area contributed by atoms with Crippen molar-refractivity contribution in [3.8, 4) is 0 Å². The first kappa shape index (κ1) is 10.0. The van der Waals surface area contributed by atoms with Gasteiger partial charge in [0.15, 0.2) is 0 Å². The molecule has 0 aliphatic heterocycles. The SMILES string of the molecule is COC(=O)/C=C(\C)C(F)(F)F. The molecule has 0 aliphatic rings. The summed E-state index contributed by atoms with van der Waals surface area (Å²) in [6.07, 6.45) is -4.05. The van der Waals surface area contributed by atoms with Crippen molar-refractivity contribution in [3.63, 3.8) is 0 Å². The van der Waals surface area contributed by atoms with Gasteiger partial charge in [-0.25, -0.2) is 4.79 Å². The van der Waals surface area contributed by atoms with Crippen LogP contribution in [0.25, 0.3) is 0 Å². The molecule has 0 bridgehead atoms. The lowest BCUT2D eigenvalue weighted by molar-refractivity contribution is -0.136. The molecule has 5 heteroatoms. The fourth-order valence-corrected chi connectivity index (χ4v) is 0.318. The molecule has 0 aliphatic carbocycles. The van der Waals surface area contributed by atoms with Crippen LogP contribution in [0, 0.1) is 0 Å². The maximum Gasteiger partial charge on any atom is 0.412 e. The number of carbonyl (C=O) groups excluding carboxylic acids is 1. The molecule has 0 N–H and O–H groups in total. The second kappa shape index (κ2) is 3.41. The van der Waals surface area contributed by atoms with E-state index in [-0.39, 0.29) is 0 Å². The van der Waals surface area contributed by atoms with E-state index in [1.807, 2.05) is 0 Å². The third-order valence-corrected chi connectivity index (χ3v) is 0.983. The topological polar surface area (TPSA) is 26.3 Å². The van der Waals surface area contributed by atoms with Gasteiger partial charge in [0, 0.05) is 11.6 Å². The largest absolute Gasteiger partial charge is 0.466 e. The van der Waals surface area contributed by atoms with Crippen LogP contribution in [0.3, 0.4) is 0 Å². The molecule has 11 heavy (non-hydrogen) atoms. The minimum Gasteiger partial charge on any atom is -0.466 e. The van der Waals surface area contributed by atoms with Gasteiger partial charge in [-0.1, -0.05) is 0 Å². The van der Waals surface area contributed by atoms with Crippen LogP contribution in [0.1, 0.15) is 6.92 Å². The summed E-state index contributed by atoms with van der Waals surface area (Å²) < 4.78 is 39.0. The molecule has 0 aromatic heterocycles. The minimum absolute atomic E-state index is 0.403. The summed E-state index contributed by atoms with van der Waals surface area (Å²) in [5.74, 6) is -1.00. The molecule has 0 heterocycles. The zero-order valence-electron chi connectivity index (χ0n) is 6.03. The summed E-state index contributed by atoms with van der Waals surface area (Å²) >= 11 is 0. The Kier molecular flexibility index (Phi) is 3.10. The van der Waals surface area contributed by atoms with Gasteiger partial charge in [0.2, 0.25) is 0 Å². The molecule has 2 nitrogen and oxygen atoms in total. The number of esters is 1. The molecule has 0 spiro atoms. The molecule has 0 fully saturated rings. The standard InChI is InChI=1S/C6H7F3O2/c1-4(6(7,8)9)3-5(10)11-2/h3H,1-2H3/b4-3+. The molecule has 0 unspecified atom stereocenters. The Labute approximate surface area is 61.6 Å². The number of halogens is 3. The second-order valence-corrected chi connectivity index (χ2v) is 1.85. The van der Waals surface area contributed by atoms with E-state index >= 15 is 0 Å². The molecule has 0 rings (SSSR count). The maximum atomic E-state index is 11.7. The van der Waals surface area contributed by atoms with Crippen LogP contribution in [-0.4, -0.2) is 19.3 Å². The highest BCUT2D eigenvalue weighted by Gasteiger charge is 2.30. The van der Waals surface area contributed by atoms with Crippen molar-refractivity contribution in [1.82, 2.24) is 0 Å². The van der Waals surface area contributed by atoms with Crippen molar-refractivity contribution in [2.45, 2.75) is 13.1 Å². The lowest BCUT2D eigenvalue weighted by Crippen LogP contribution is -2.11. The third kappa shape index (κ3) is 3.64. The molecule has 0 atom stereocenters. The lowest BCUT2D eigenvalue weighted by Gasteiger charge is -2.04. The molecular weight excluding hydrogens is 161 g/mol. The van der Waals surface area contributed by atoms with Crippen molar-refractivity contribution >= 4 is 5.97 Å². The summed E-state index contributed by atoms with van der Waals surface area (Å²) in [7, 11) is 1.02. The van der Waals surface area contributed by atoms with Crippen LogP contribution < -0.4 is 0 Å². The van der Waals surface area contributed by atoms with Gasteiger partial charge >= 0.3 is 12.1 Å². The first-order chi connectivity index (χ1) is 4.88. The Bertz CT molecular complexity index is 181. The summed E-state index contributed by atoms with van der Waals surface area (Å²) in [4.78, 5) is 10.3. The summed E-state index contributed by atoms with van der Waals surface area (Å²) in [6.45, 7) is 0.802. The van der Waals surface area contributed by atoms with Crippen molar-refractivity contribution < 1.29 is 22.7 Å². The van der Waals surface area contributed by atoms with E-state index in [1.165, 1.54) is 0 Å². The number of methoxy groups -OCH3 is 1. The second-order valence-electron chi connectivity index (χ2n) is 1.85. The average Bonchev–Trinajstić information content (AvgIpc) is 1.85. The van der Waals surface area contributed by atoms with Crippen molar-refractivity contribution in [3.05, 3.63) is 11.6 Å². The first-order valence-electron chi connectivity index (χ1n) is 2.71. The average molecular weight is 168 g/mol. The minimum atomic E-state index is -4.45. The van der Waals surface area contributed by atoms with Crippen LogP contribution in [0.15, 0.2) is 11.6 Å². The van der Waals surface area contributed by atoms with Crippen molar-refractivity contribution in [1.29, 1.82) is 0 Å². The zero-order valence-corrected chi connectivity index (χ0v) is 6.03. The van der Waals surface area contributed by atoms with Gasteiger partial charge in [0.1, 0.15) is 0 Å². The van der Waals surface area contributed by atoms with Crippen molar-refractivity contribution in [2.24, 2.45) is 0 Å². The van der Waals surface area contributed by atoms with Gasteiger partial charge in [-0.15, -0.1) is 0 Å². The van der Waals surface area contributed by atoms with Gasteiger partial charge in [-0.05, 0) is 6.92 Å². The normalized spacial score (nSPS) is 13.0. The molecule has 0 amide bonds. The smallest absolute Gasteiger partial charge is 0.412 e. The quantitative estimate of drug-likeness (QED) is 0.439. The fraction of sp³-hybridized carbons (Fsp3) is 0.500. The monoisotopic (exact) mass is 168 g/mol. The Morgan fingerprint density at radius 1 is 1.45 bits per heavy atom. The molecule has 0 aromatic carbocycles. The number of allylic oxidation sites excluding steroid dienone is 1. The van der Waals surface area contributed by atoms with E-state index in [1.54, 1.807) is 0 Å².